The second-order valence-corrected chi connectivity index (χ2v) is 5.21. The summed E-state index contributed by atoms with van der Waals surface area (Å²) in [4.78, 5) is 0. The van der Waals surface area contributed by atoms with E-state index in [1.54, 1.807) is 13.8 Å². The first kappa shape index (κ1) is 13.9. The number of halogens is 3. The predicted molar refractivity (Wildman–Crippen MR) is 63.6 cm³/mol. The zero-order chi connectivity index (χ0) is 13.1. The molecule has 0 saturated heterocycles. The van der Waals surface area contributed by atoms with Gasteiger partial charge in [0.15, 0.2) is 11.6 Å². The van der Waals surface area contributed by atoms with Crippen LogP contribution in [-0.4, -0.2) is 6.61 Å². The quantitative estimate of drug-likeness (QED) is 0.786. The lowest BCUT2D eigenvalue weighted by Crippen LogP contribution is -2.13. The molecule has 2 nitrogen and oxygen atoms in total. The third-order valence-corrected chi connectivity index (χ3v) is 2.70. The van der Waals surface area contributed by atoms with Crippen LogP contribution in [-0.2, 0) is 0 Å². The number of nitriles is 1. The Balaban J connectivity index is 2.68. The van der Waals surface area contributed by atoms with Crippen molar-refractivity contribution in [2.75, 3.05) is 6.61 Å². The lowest BCUT2D eigenvalue weighted by molar-refractivity contribution is 0.251. The Bertz CT molecular complexity index is 455. The number of hydrogen-bond donors (Lipinski definition) is 0. The van der Waals surface area contributed by atoms with Crippen LogP contribution in [0, 0.1) is 28.4 Å². The highest BCUT2D eigenvalue weighted by Gasteiger charge is 2.17. The van der Waals surface area contributed by atoms with E-state index in [2.05, 4.69) is 22.0 Å². The molecule has 0 aliphatic carbocycles. The number of hydrogen-bond acceptors (Lipinski definition) is 2. The molecule has 92 valence electrons. The molecule has 5 heteroatoms. The summed E-state index contributed by atoms with van der Waals surface area (Å²) in [5, 5.41) is 8.79. The fraction of sp³-hybridized carbons (Fsp3) is 0.417. The predicted octanol–water partition coefficient (Wildman–Crippen LogP) is 4.05. The molecule has 1 rings (SSSR count). The molecule has 0 radical (unpaired) electrons. The summed E-state index contributed by atoms with van der Waals surface area (Å²) in [6.07, 6.45) is 0.442. The SMILES string of the molecule is CC(C)(C#N)CCOc1cc(Br)cc(F)c1F. The van der Waals surface area contributed by atoms with Crippen LogP contribution in [0.3, 0.4) is 0 Å². The molecule has 0 saturated carbocycles. The minimum Gasteiger partial charge on any atom is -0.490 e. The van der Waals surface area contributed by atoms with Crippen molar-refractivity contribution in [3.8, 4) is 11.8 Å². The first-order chi connectivity index (χ1) is 7.85. The van der Waals surface area contributed by atoms with Gasteiger partial charge in [0.25, 0.3) is 0 Å². The molecular formula is C12H12BrF2NO. The highest BCUT2D eigenvalue weighted by atomic mass is 79.9. The molecule has 0 spiro atoms. The van der Waals surface area contributed by atoms with Gasteiger partial charge in [-0.2, -0.15) is 9.65 Å². The van der Waals surface area contributed by atoms with E-state index >= 15 is 0 Å². The van der Waals surface area contributed by atoms with Crippen molar-refractivity contribution < 1.29 is 13.5 Å². The maximum absolute atomic E-state index is 13.3. The maximum Gasteiger partial charge on any atom is 0.200 e. The topological polar surface area (TPSA) is 33.0 Å². The van der Waals surface area contributed by atoms with Crippen molar-refractivity contribution in [1.82, 2.24) is 0 Å². The Hall–Kier alpha value is -1.15. The molecule has 1 aromatic rings. The van der Waals surface area contributed by atoms with E-state index in [0.29, 0.717) is 10.9 Å². The van der Waals surface area contributed by atoms with E-state index in [9.17, 15) is 8.78 Å². The average molecular weight is 304 g/mol. The molecule has 0 aliphatic heterocycles. The van der Waals surface area contributed by atoms with Gasteiger partial charge in [-0.25, -0.2) is 4.39 Å². The summed E-state index contributed by atoms with van der Waals surface area (Å²) < 4.78 is 31.9. The second-order valence-electron chi connectivity index (χ2n) is 4.29. The third kappa shape index (κ3) is 3.97. The lowest BCUT2D eigenvalue weighted by atomic mass is 9.92. The van der Waals surface area contributed by atoms with Crippen LogP contribution >= 0.6 is 15.9 Å². The molecular weight excluding hydrogens is 292 g/mol. The smallest absolute Gasteiger partial charge is 0.200 e. The second kappa shape index (κ2) is 5.46. The molecule has 0 bridgehead atoms. The van der Waals surface area contributed by atoms with Gasteiger partial charge in [0.2, 0.25) is 5.82 Å². The fourth-order valence-corrected chi connectivity index (χ4v) is 1.52. The summed E-state index contributed by atoms with van der Waals surface area (Å²) >= 11 is 3.05. The summed E-state index contributed by atoms with van der Waals surface area (Å²) in [5.41, 5.74) is -0.541. The van der Waals surface area contributed by atoms with E-state index in [0.717, 1.165) is 6.07 Å². The van der Waals surface area contributed by atoms with Gasteiger partial charge < -0.3 is 4.74 Å². The Morgan fingerprint density at radius 2 is 2.06 bits per heavy atom. The van der Waals surface area contributed by atoms with E-state index in [4.69, 9.17) is 10.00 Å². The molecule has 0 aliphatic rings. The van der Waals surface area contributed by atoms with Crippen LogP contribution in [0.25, 0.3) is 0 Å². The van der Waals surface area contributed by atoms with Crippen molar-refractivity contribution in [2.24, 2.45) is 5.41 Å². The van der Waals surface area contributed by atoms with Gasteiger partial charge >= 0.3 is 0 Å². The summed E-state index contributed by atoms with van der Waals surface area (Å²) in [6, 6.07) is 4.50. The normalized spacial score (nSPS) is 11.1. The van der Waals surface area contributed by atoms with E-state index in [1.807, 2.05) is 0 Å². The van der Waals surface area contributed by atoms with Gasteiger partial charge in [0, 0.05) is 4.47 Å². The lowest BCUT2D eigenvalue weighted by Gasteiger charge is -2.15. The number of ether oxygens (including phenoxy) is 1. The van der Waals surface area contributed by atoms with Crippen molar-refractivity contribution in [3.05, 3.63) is 28.2 Å². The monoisotopic (exact) mass is 303 g/mol. The van der Waals surface area contributed by atoms with E-state index in [1.165, 1.54) is 6.07 Å². The molecule has 0 fully saturated rings. The average Bonchev–Trinajstić information content (AvgIpc) is 2.24. The van der Waals surface area contributed by atoms with Gasteiger partial charge in [0.05, 0.1) is 18.1 Å². The molecule has 0 amide bonds. The first-order valence-electron chi connectivity index (χ1n) is 5.04. The number of nitrogens with zero attached hydrogens (tertiary/aromatic N) is 1. The molecule has 0 atom stereocenters. The first-order valence-corrected chi connectivity index (χ1v) is 5.83. The molecule has 0 heterocycles. The largest absolute Gasteiger partial charge is 0.490 e. The Labute approximate surface area is 107 Å². The van der Waals surface area contributed by atoms with Crippen molar-refractivity contribution in [1.29, 1.82) is 5.26 Å². The van der Waals surface area contributed by atoms with Crippen LogP contribution in [0.1, 0.15) is 20.3 Å². The zero-order valence-corrected chi connectivity index (χ0v) is 11.1. The van der Waals surface area contributed by atoms with Crippen molar-refractivity contribution in [3.63, 3.8) is 0 Å². The maximum atomic E-state index is 13.3. The zero-order valence-electron chi connectivity index (χ0n) is 9.56. The number of rotatable bonds is 4. The standard InChI is InChI=1S/C12H12BrF2NO/c1-12(2,7-16)3-4-17-10-6-8(13)5-9(14)11(10)15/h5-6H,3-4H2,1-2H3. The van der Waals surface area contributed by atoms with Crippen LogP contribution in [0.2, 0.25) is 0 Å². The summed E-state index contributed by atoms with van der Waals surface area (Å²) in [7, 11) is 0. The highest BCUT2D eigenvalue weighted by Crippen LogP contribution is 2.26. The van der Waals surface area contributed by atoms with E-state index in [-0.39, 0.29) is 12.4 Å². The summed E-state index contributed by atoms with van der Waals surface area (Å²) in [5.74, 6) is -2.12. The van der Waals surface area contributed by atoms with Crippen LogP contribution in [0.5, 0.6) is 5.75 Å². The Morgan fingerprint density at radius 3 is 2.65 bits per heavy atom. The van der Waals surface area contributed by atoms with Gasteiger partial charge in [-0.1, -0.05) is 15.9 Å². The Kier molecular flexibility index (Phi) is 4.47. The van der Waals surface area contributed by atoms with Crippen molar-refractivity contribution >= 4 is 15.9 Å². The molecule has 0 unspecified atom stereocenters. The van der Waals surface area contributed by atoms with Crippen molar-refractivity contribution in [2.45, 2.75) is 20.3 Å². The molecule has 17 heavy (non-hydrogen) atoms. The minimum absolute atomic E-state index is 0.148. The number of benzene rings is 1. The van der Waals surface area contributed by atoms with Gasteiger partial charge in [0.1, 0.15) is 0 Å². The van der Waals surface area contributed by atoms with Crippen LogP contribution in [0.15, 0.2) is 16.6 Å². The van der Waals surface area contributed by atoms with Crippen LogP contribution in [0.4, 0.5) is 8.78 Å². The third-order valence-electron chi connectivity index (χ3n) is 2.25. The van der Waals surface area contributed by atoms with Crippen LogP contribution < -0.4 is 4.74 Å². The van der Waals surface area contributed by atoms with Gasteiger partial charge in [-0.05, 0) is 32.4 Å². The van der Waals surface area contributed by atoms with Gasteiger partial charge in [-0.3, -0.25) is 0 Å². The molecule has 1 aromatic carbocycles. The highest BCUT2D eigenvalue weighted by molar-refractivity contribution is 9.10. The van der Waals surface area contributed by atoms with E-state index < -0.39 is 17.0 Å². The Morgan fingerprint density at radius 1 is 1.41 bits per heavy atom. The summed E-state index contributed by atoms with van der Waals surface area (Å²) in [6.45, 7) is 3.68. The molecule has 0 aromatic heterocycles. The molecule has 0 N–H and O–H groups in total. The fourth-order valence-electron chi connectivity index (χ4n) is 1.11. The van der Waals surface area contributed by atoms with Gasteiger partial charge in [-0.15, -0.1) is 0 Å². The minimum atomic E-state index is -1.01.